The van der Waals surface area contributed by atoms with Crippen molar-refractivity contribution in [3.8, 4) is 0 Å². The van der Waals surface area contributed by atoms with Crippen molar-refractivity contribution in [1.82, 2.24) is 4.42 Å². The average Bonchev–Trinajstić information content (AvgIpc) is 3.22. The van der Waals surface area contributed by atoms with E-state index in [9.17, 15) is 14.7 Å². The summed E-state index contributed by atoms with van der Waals surface area (Å²) in [6.07, 6.45) is 1.80. The Labute approximate surface area is 128 Å². The van der Waals surface area contributed by atoms with Gasteiger partial charge in [0.25, 0.3) is 0 Å². The number of carbonyl (C=O) groups excluding carboxylic acids is 2. The largest absolute Gasteiger partial charge is 0.445 e. The minimum absolute atomic E-state index is 0.234. The summed E-state index contributed by atoms with van der Waals surface area (Å²) in [5, 5.41) is 11.0. The quantitative estimate of drug-likeness (QED) is 0.479. The molecule has 0 aromatic carbocycles. The molecule has 21 heavy (non-hydrogen) atoms. The molecule has 0 aromatic rings. The standard InChI is InChI=1S/C14H20ClNO5/c1-4-9(2)14(19)7-11(5-6-13(14)8-20-13)21-12(18)16(15)10(3)17/h4,11,19H,5-8H2,1-3H3/t11-,13+,14+/m1/s1. The van der Waals surface area contributed by atoms with E-state index in [1.54, 1.807) is 0 Å². The number of halogens is 1. The summed E-state index contributed by atoms with van der Waals surface area (Å²) in [4.78, 5) is 22.7. The van der Waals surface area contributed by atoms with Gasteiger partial charge in [0.1, 0.15) is 17.3 Å². The van der Waals surface area contributed by atoms with Crippen molar-refractivity contribution in [2.45, 2.75) is 57.3 Å². The van der Waals surface area contributed by atoms with Crippen LogP contribution < -0.4 is 0 Å². The molecule has 1 N–H and O–H groups in total. The zero-order valence-corrected chi connectivity index (χ0v) is 13.1. The topological polar surface area (TPSA) is 79.4 Å². The lowest BCUT2D eigenvalue weighted by atomic mass is 9.70. The number of rotatable bonds is 2. The maximum atomic E-state index is 11.7. The number of nitrogens with zero attached hydrogens (tertiary/aromatic N) is 1. The van der Waals surface area contributed by atoms with Crippen LogP contribution in [0.1, 0.15) is 40.0 Å². The van der Waals surface area contributed by atoms with Gasteiger partial charge in [0.15, 0.2) is 0 Å². The summed E-state index contributed by atoms with van der Waals surface area (Å²) < 4.78 is 11.1. The molecule has 1 heterocycles. The highest BCUT2D eigenvalue weighted by Crippen LogP contribution is 2.52. The summed E-state index contributed by atoms with van der Waals surface area (Å²) >= 11 is 5.53. The number of amides is 2. The average molecular weight is 318 g/mol. The Hall–Kier alpha value is -1.11. The molecule has 1 aliphatic heterocycles. The fraction of sp³-hybridized carbons (Fsp3) is 0.714. The van der Waals surface area contributed by atoms with Gasteiger partial charge in [0.2, 0.25) is 5.91 Å². The van der Waals surface area contributed by atoms with Crippen molar-refractivity contribution in [1.29, 1.82) is 0 Å². The summed E-state index contributed by atoms with van der Waals surface area (Å²) in [7, 11) is 0. The molecule has 2 amide bonds. The second kappa shape index (κ2) is 5.59. The van der Waals surface area contributed by atoms with Gasteiger partial charge in [-0.15, -0.1) is 0 Å². The van der Waals surface area contributed by atoms with Crippen LogP contribution in [-0.4, -0.2) is 45.4 Å². The van der Waals surface area contributed by atoms with Crippen molar-refractivity contribution in [3.63, 3.8) is 0 Å². The number of epoxide rings is 1. The third kappa shape index (κ3) is 2.80. The Morgan fingerprint density at radius 3 is 2.57 bits per heavy atom. The number of hydrogen-bond donors (Lipinski definition) is 1. The number of hydrogen-bond acceptors (Lipinski definition) is 5. The van der Waals surface area contributed by atoms with Gasteiger partial charge in [-0.2, -0.15) is 4.42 Å². The Morgan fingerprint density at radius 1 is 1.48 bits per heavy atom. The van der Waals surface area contributed by atoms with Crippen LogP contribution in [0.5, 0.6) is 0 Å². The normalized spacial score (nSPS) is 35.5. The van der Waals surface area contributed by atoms with Crippen LogP contribution in [0.4, 0.5) is 4.79 Å². The molecule has 2 fully saturated rings. The number of aliphatic hydroxyl groups is 1. The van der Waals surface area contributed by atoms with Gasteiger partial charge < -0.3 is 14.6 Å². The van der Waals surface area contributed by atoms with Crippen LogP contribution >= 0.6 is 11.8 Å². The first kappa shape index (κ1) is 16.3. The van der Waals surface area contributed by atoms with Gasteiger partial charge >= 0.3 is 6.09 Å². The molecule has 3 atom stereocenters. The van der Waals surface area contributed by atoms with E-state index >= 15 is 0 Å². The van der Waals surface area contributed by atoms with E-state index in [1.165, 1.54) is 6.92 Å². The van der Waals surface area contributed by atoms with Gasteiger partial charge in [-0.3, -0.25) is 4.79 Å². The highest BCUT2D eigenvalue weighted by molar-refractivity contribution is 6.28. The molecule has 2 rings (SSSR count). The Kier molecular flexibility index (Phi) is 4.33. The summed E-state index contributed by atoms with van der Waals surface area (Å²) in [5.74, 6) is -0.612. The first-order valence-electron chi connectivity index (χ1n) is 6.92. The molecule has 1 saturated carbocycles. The molecule has 0 bridgehead atoms. The van der Waals surface area contributed by atoms with Gasteiger partial charge in [0.05, 0.1) is 6.61 Å². The van der Waals surface area contributed by atoms with Gasteiger partial charge in [-0.1, -0.05) is 6.08 Å². The summed E-state index contributed by atoms with van der Waals surface area (Å²) in [5.41, 5.74) is -0.929. The molecule has 0 aromatic heterocycles. The van der Waals surface area contributed by atoms with E-state index in [0.717, 1.165) is 5.57 Å². The maximum absolute atomic E-state index is 11.7. The molecule has 7 heteroatoms. The highest BCUT2D eigenvalue weighted by Gasteiger charge is 2.64. The Balaban J connectivity index is 2.08. The zero-order valence-electron chi connectivity index (χ0n) is 12.4. The molecule has 0 unspecified atom stereocenters. The van der Waals surface area contributed by atoms with E-state index in [-0.39, 0.29) is 6.42 Å². The molecule has 0 radical (unpaired) electrons. The van der Waals surface area contributed by atoms with Crippen LogP contribution in [0.2, 0.25) is 0 Å². The van der Waals surface area contributed by atoms with E-state index in [0.29, 0.717) is 23.9 Å². The lowest BCUT2D eigenvalue weighted by Crippen LogP contribution is -2.53. The lowest BCUT2D eigenvalue weighted by molar-refractivity contribution is -0.124. The third-order valence-corrected chi connectivity index (χ3v) is 4.81. The van der Waals surface area contributed by atoms with Crippen molar-refractivity contribution in [3.05, 3.63) is 11.6 Å². The third-order valence-electron chi connectivity index (χ3n) is 4.43. The number of carbonyl (C=O) groups is 2. The van der Waals surface area contributed by atoms with Crippen LogP contribution in [0.3, 0.4) is 0 Å². The van der Waals surface area contributed by atoms with Crippen LogP contribution in [0, 0.1) is 0 Å². The van der Waals surface area contributed by atoms with E-state index in [4.69, 9.17) is 21.3 Å². The lowest BCUT2D eigenvalue weighted by Gasteiger charge is -2.42. The molecule has 6 nitrogen and oxygen atoms in total. The van der Waals surface area contributed by atoms with Gasteiger partial charge in [0, 0.05) is 25.1 Å². The minimum atomic E-state index is -1.15. The fourth-order valence-corrected chi connectivity index (χ4v) is 2.91. The molecular formula is C14H20ClNO5. The highest BCUT2D eigenvalue weighted by atomic mass is 35.5. The predicted octanol–water partition coefficient (Wildman–Crippen LogP) is 2.14. The van der Waals surface area contributed by atoms with E-state index in [2.05, 4.69) is 0 Å². The smallest absolute Gasteiger partial charge is 0.432 e. The Bertz CT molecular complexity index is 488. The van der Waals surface area contributed by atoms with Crippen molar-refractivity contribution >= 4 is 23.8 Å². The monoisotopic (exact) mass is 317 g/mol. The molecule has 1 aliphatic carbocycles. The Morgan fingerprint density at radius 2 is 2.10 bits per heavy atom. The van der Waals surface area contributed by atoms with Crippen molar-refractivity contribution < 1.29 is 24.2 Å². The van der Waals surface area contributed by atoms with E-state index in [1.807, 2.05) is 19.9 Å². The first-order valence-corrected chi connectivity index (χ1v) is 7.26. The van der Waals surface area contributed by atoms with Gasteiger partial charge in [-0.05, 0) is 32.3 Å². The maximum Gasteiger partial charge on any atom is 0.432 e. The molecule has 2 aliphatic rings. The van der Waals surface area contributed by atoms with Crippen molar-refractivity contribution in [2.24, 2.45) is 0 Å². The molecule has 1 spiro atoms. The van der Waals surface area contributed by atoms with Crippen LogP contribution in [-0.2, 0) is 14.3 Å². The second-order valence-corrected chi connectivity index (χ2v) is 6.00. The SMILES string of the molecule is CC=C(C)[C@@]1(O)C[C@H](OC(=O)N(Cl)C(C)=O)CC[C@]12CO2. The first-order chi connectivity index (χ1) is 9.75. The number of ether oxygens (including phenoxy) is 2. The molecule has 1 saturated heterocycles. The number of imide groups is 1. The second-order valence-electron chi connectivity index (χ2n) is 5.66. The fourth-order valence-electron chi connectivity index (χ4n) is 2.87. The predicted molar refractivity (Wildman–Crippen MR) is 75.6 cm³/mol. The summed E-state index contributed by atoms with van der Waals surface area (Å²) in [6.45, 7) is 5.35. The van der Waals surface area contributed by atoms with Gasteiger partial charge in [-0.25, -0.2) is 4.79 Å². The van der Waals surface area contributed by atoms with Crippen LogP contribution in [0.15, 0.2) is 11.6 Å². The molecular weight excluding hydrogens is 298 g/mol. The summed E-state index contributed by atoms with van der Waals surface area (Å²) in [6, 6.07) is 0. The molecule has 118 valence electrons. The van der Waals surface area contributed by atoms with Crippen LogP contribution in [0.25, 0.3) is 0 Å². The van der Waals surface area contributed by atoms with E-state index < -0.39 is 29.3 Å². The van der Waals surface area contributed by atoms with Crippen molar-refractivity contribution in [2.75, 3.05) is 6.61 Å². The zero-order chi connectivity index (χ0) is 15.8. The number of allylic oxidation sites excluding steroid dienone is 1. The minimum Gasteiger partial charge on any atom is -0.445 e.